The van der Waals surface area contributed by atoms with Crippen molar-refractivity contribution in [1.29, 1.82) is 0 Å². The van der Waals surface area contributed by atoms with E-state index in [-0.39, 0.29) is 6.10 Å². The van der Waals surface area contributed by atoms with Gasteiger partial charge in [0.25, 0.3) is 0 Å². The molecule has 108 valence electrons. The topological polar surface area (TPSA) is 38.5 Å². The molecule has 1 saturated heterocycles. The lowest BCUT2D eigenvalue weighted by Gasteiger charge is -2.14. The number of rotatable bonds is 5. The maximum absolute atomic E-state index is 5.65. The van der Waals surface area contributed by atoms with Gasteiger partial charge in [-0.25, -0.2) is 0 Å². The van der Waals surface area contributed by atoms with Crippen LogP contribution in [-0.4, -0.2) is 36.4 Å². The lowest BCUT2D eigenvalue weighted by atomic mass is 10.0. The molecule has 3 heterocycles. The Morgan fingerprint density at radius 1 is 1.50 bits per heavy atom. The molecule has 5 heteroatoms. The molecule has 2 aromatic heterocycles. The molecule has 1 aliphatic heterocycles. The Balaban J connectivity index is 1.62. The van der Waals surface area contributed by atoms with Crippen molar-refractivity contribution >= 4 is 11.3 Å². The van der Waals surface area contributed by atoms with E-state index >= 15 is 0 Å². The molecule has 3 rings (SSSR count). The highest BCUT2D eigenvalue weighted by atomic mass is 32.1. The van der Waals surface area contributed by atoms with Crippen LogP contribution >= 0.6 is 11.3 Å². The van der Waals surface area contributed by atoms with Crippen molar-refractivity contribution in [3.05, 3.63) is 39.9 Å². The molecule has 4 nitrogen and oxygen atoms in total. The number of nitrogens with zero attached hydrogens (tertiary/aromatic N) is 2. The summed E-state index contributed by atoms with van der Waals surface area (Å²) in [7, 11) is 1.80. The van der Waals surface area contributed by atoms with E-state index in [9.17, 15) is 0 Å². The Hall–Kier alpha value is -1.17. The molecule has 2 aromatic rings. The molecule has 0 bridgehead atoms. The molecule has 0 N–H and O–H groups in total. The second-order valence-corrected chi connectivity index (χ2v) is 6.28. The van der Waals surface area contributed by atoms with E-state index < -0.39 is 0 Å². The van der Waals surface area contributed by atoms with Gasteiger partial charge in [-0.05, 0) is 29.3 Å². The van der Waals surface area contributed by atoms with Gasteiger partial charge in [-0.15, -0.1) is 0 Å². The van der Waals surface area contributed by atoms with Gasteiger partial charge in [0.05, 0.1) is 11.8 Å². The van der Waals surface area contributed by atoms with Crippen molar-refractivity contribution in [3.63, 3.8) is 0 Å². The monoisotopic (exact) mass is 292 g/mol. The highest BCUT2D eigenvalue weighted by molar-refractivity contribution is 7.07. The third kappa shape index (κ3) is 3.11. The highest BCUT2D eigenvalue weighted by Crippen LogP contribution is 2.25. The summed E-state index contributed by atoms with van der Waals surface area (Å²) < 4.78 is 11.0. The lowest BCUT2D eigenvalue weighted by molar-refractivity contribution is 0.0762. The molecular formula is C15H20N2O2S. The normalized spacial score (nSPS) is 23.5. The summed E-state index contributed by atoms with van der Waals surface area (Å²) in [6, 6.07) is 4.22. The predicted octanol–water partition coefficient (Wildman–Crippen LogP) is 2.73. The van der Waals surface area contributed by atoms with E-state index in [1.807, 2.05) is 13.0 Å². The van der Waals surface area contributed by atoms with Crippen molar-refractivity contribution in [2.45, 2.75) is 26.0 Å². The third-order valence-electron chi connectivity index (χ3n) is 3.89. The first-order chi connectivity index (χ1) is 9.74. The fraction of sp³-hybridized carbons (Fsp3) is 0.533. The van der Waals surface area contributed by atoms with Crippen LogP contribution in [-0.2, 0) is 17.7 Å². The molecule has 0 spiro atoms. The Labute approximate surface area is 123 Å². The van der Waals surface area contributed by atoms with Crippen LogP contribution in [0.15, 0.2) is 27.4 Å². The van der Waals surface area contributed by atoms with Crippen molar-refractivity contribution < 1.29 is 9.26 Å². The van der Waals surface area contributed by atoms with Crippen LogP contribution in [0.25, 0.3) is 0 Å². The van der Waals surface area contributed by atoms with Crippen molar-refractivity contribution in [2.24, 2.45) is 5.92 Å². The van der Waals surface area contributed by atoms with E-state index in [2.05, 4.69) is 26.9 Å². The van der Waals surface area contributed by atoms with E-state index in [1.165, 1.54) is 5.56 Å². The van der Waals surface area contributed by atoms with E-state index in [4.69, 9.17) is 9.26 Å². The van der Waals surface area contributed by atoms with E-state index in [1.54, 1.807) is 18.4 Å². The Bertz CT molecular complexity index is 538. The third-order valence-corrected chi connectivity index (χ3v) is 4.62. The Kier molecular flexibility index (Phi) is 4.19. The SMILES string of the molecule is CO[C@H]1CN(Cc2ccsc2)C[C@H]1Cc1cc(C)no1. The van der Waals surface area contributed by atoms with E-state index in [0.717, 1.165) is 37.5 Å². The largest absolute Gasteiger partial charge is 0.380 e. The first-order valence-corrected chi connectivity index (χ1v) is 7.87. The predicted molar refractivity (Wildman–Crippen MR) is 78.8 cm³/mol. The number of thiophene rings is 1. The maximum Gasteiger partial charge on any atom is 0.137 e. The summed E-state index contributed by atoms with van der Waals surface area (Å²) in [5.74, 6) is 1.44. The Morgan fingerprint density at radius 2 is 2.40 bits per heavy atom. The fourth-order valence-corrected chi connectivity index (χ4v) is 3.59. The molecule has 0 aliphatic carbocycles. The van der Waals surface area contributed by atoms with Gasteiger partial charge in [0.1, 0.15) is 5.76 Å². The molecular weight excluding hydrogens is 272 g/mol. The van der Waals surface area contributed by atoms with Crippen molar-refractivity contribution in [3.8, 4) is 0 Å². The zero-order chi connectivity index (χ0) is 13.9. The molecule has 1 fully saturated rings. The number of methoxy groups -OCH3 is 1. The quantitative estimate of drug-likeness (QED) is 0.849. The van der Waals surface area contributed by atoms with Crippen LogP contribution < -0.4 is 0 Å². The van der Waals surface area contributed by atoms with Gasteiger partial charge in [0, 0.05) is 45.1 Å². The minimum absolute atomic E-state index is 0.277. The first kappa shape index (κ1) is 13.8. The van der Waals surface area contributed by atoms with Gasteiger partial charge in [-0.1, -0.05) is 5.16 Å². The van der Waals surface area contributed by atoms with Gasteiger partial charge in [0.2, 0.25) is 0 Å². The average molecular weight is 292 g/mol. The second kappa shape index (κ2) is 6.08. The van der Waals surface area contributed by atoms with Crippen LogP contribution in [0.3, 0.4) is 0 Å². The smallest absolute Gasteiger partial charge is 0.137 e. The number of aromatic nitrogens is 1. The molecule has 0 aromatic carbocycles. The van der Waals surface area contributed by atoms with Crippen LogP contribution in [0.4, 0.5) is 0 Å². The molecule has 0 unspecified atom stereocenters. The van der Waals surface area contributed by atoms with Crippen molar-refractivity contribution in [2.75, 3.05) is 20.2 Å². The minimum Gasteiger partial charge on any atom is -0.380 e. The van der Waals surface area contributed by atoms with Crippen LogP contribution in [0, 0.1) is 12.8 Å². The van der Waals surface area contributed by atoms with Gasteiger partial charge in [0.15, 0.2) is 0 Å². The van der Waals surface area contributed by atoms with Gasteiger partial charge in [-0.3, -0.25) is 4.90 Å². The highest BCUT2D eigenvalue weighted by Gasteiger charge is 2.33. The molecule has 20 heavy (non-hydrogen) atoms. The van der Waals surface area contributed by atoms with Gasteiger partial charge in [-0.2, -0.15) is 11.3 Å². The average Bonchev–Trinajstić information content (AvgIpc) is 3.13. The summed E-state index contributed by atoms with van der Waals surface area (Å²) in [6.45, 7) is 5.01. The molecule has 1 aliphatic rings. The second-order valence-electron chi connectivity index (χ2n) is 5.50. The minimum atomic E-state index is 0.277. The van der Waals surface area contributed by atoms with Crippen LogP contribution in [0.2, 0.25) is 0 Å². The molecule has 0 amide bonds. The molecule has 0 saturated carbocycles. The van der Waals surface area contributed by atoms with Gasteiger partial charge < -0.3 is 9.26 Å². The number of likely N-dealkylation sites (tertiary alicyclic amines) is 1. The number of aryl methyl sites for hydroxylation is 1. The summed E-state index contributed by atoms with van der Waals surface area (Å²) in [5, 5.41) is 8.31. The number of hydrogen-bond acceptors (Lipinski definition) is 5. The standard InChI is InChI=1S/C15H20N2O2S/c1-11-5-14(19-16-11)6-13-8-17(9-15(13)18-2)7-12-3-4-20-10-12/h3-5,10,13,15H,6-9H2,1-2H3/t13-,15+/m1/s1. The summed E-state index contributed by atoms with van der Waals surface area (Å²) in [6.07, 6.45) is 1.18. The molecule has 2 atom stereocenters. The summed E-state index contributed by atoms with van der Waals surface area (Å²) in [5.41, 5.74) is 2.34. The number of ether oxygens (including phenoxy) is 1. The zero-order valence-electron chi connectivity index (χ0n) is 11.9. The summed E-state index contributed by atoms with van der Waals surface area (Å²) >= 11 is 1.75. The lowest BCUT2D eigenvalue weighted by Crippen LogP contribution is -2.23. The Morgan fingerprint density at radius 3 is 3.05 bits per heavy atom. The van der Waals surface area contributed by atoms with Crippen LogP contribution in [0.5, 0.6) is 0 Å². The van der Waals surface area contributed by atoms with Crippen LogP contribution in [0.1, 0.15) is 17.0 Å². The maximum atomic E-state index is 5.65. The van der Waals surface area contributed by atoms with Gasteiger partial charge >= 0.3 is 0 Å². The summed E-state index contributed by atoms with van der Waals surface area (Å²) in [4.78, 5) is 2.46. The van der Waals surface area contributed by atoms with Crippen molar-refractivity contribution in [1.82, 2.24) is 10.1 Å². The molecule has 0 radical (unpaired) electrons. The number of hydrogen-bond donors (Lipinski definition) is 0. The van der Waals surface area contributed by atoms with E-state index in [0.29, 0.717) is 5.92 Å². The fourth-order valence-electron chi connectivity index (χ4n) is 2.93. The first-order valence-electron chi connectivity index (χ1n) is 6.93. The zero-order valence-corrected chi connectivity index (χ0v) is 12.7.